The average Bonchev–Trinajstić information content (AvgIpc) is 3.15. The van der Waals surface area contributed by atoms with Crippen molar-refractivity contribution >= 4 is 13.7 Å². The van der Waals surface area contributed by atoms with Crippen LogP contribution in [0.4, 0.5) is 0 Å². The van der Waals surface area contributed by atoms with Crippen LogP contribution < -0.4 is 39.8 Å². The average molecular weight is 838 g/mol. The third-order valence-electron chi connectivity index (χ3n) is 11.0. The summed E-state index contributed by atoms with van der Waals surface area (Å²) in [6, 6.07) is -0.795. The number of likely N-dealkylation sites (N-methyl/N-ethyl adjacent to an activating group) is 1. The summed E-state index contributed by atoms with van der Waals surface area (Å²) in [7, 11) is 1.31. The summed E-state index contributed by atoms with van der Waals surface area (Å²) in [4.78, 5) is 25.4. The van der Waals surface area contributed by atoms with Crippen LogP contribution in [0, 0.1) is 0 Å². The van der Waals surface area contributed by atoms with Gasteiger partial charge in [-0.25, -0.2) is 0 Å². The van der Waals surface area contributed by atoms with Gasteiger partial charge < -0.3 is 28.8 Å². The Morgan fingerprint density at radius 2 is 1.00 bits per heavy atom. The molecule has 0 heterocycles. The minimum absolute atomic E-state index is 0. The van der Waals surface area contributed by atoms with Gasteiger partial charge >= 0.3 is 29.6 Å². The van der Waals surface area contributed by atoms with Crippen LogP contribution in [-0.2, 0) is 18.4 Å². The van der Waals surface area contributed by atoms with Crippen LogP contribution in [0.15, 0.2) is 12.2 Å². The maximum absolute atomic E-state index is 12.9. The Hall–Kier alpha value is 0.240. The van der Waals surface area contributed by atoms with Gasteiger partial charge in [-0.1, -0.05) is 206 Å². The van der Waals surface area contributed by atoms with Crippen molar-refractivity contribution in [2.45, 2.75) is 244 Å². The van der Waals surface area contributed by atoms with Crippen molar-refractivity contribution in [2.75, 3.05) is 40.9 Å². The molecule has 0 bridgehead atoms. The summed E-state index contributed by atoms with van der Waals surface area (Å²) < 4.78 is 23.3. The summed E-state index contributed by atoms with van der Waals surface area (Å²) in [5, 5.41) is 13.9. The summed E-state index contributed by atoms with van der Waals surface area (Å²) in [5.74, 6) is -0.162. The molecule has 0 fully saturated rings. The molecule has 0 rings (SSSR count). The second-order valence-electron chi connectivity index (χ2n) is 17.8. The maximum Gasteiger partial charge on any atom is 1.00 e. The topological polar surface area (TPSA) is 108 Å². The number of quaternary nitrogens is 1. The number of unbranched alkanes of at least 4 members (excludes halogenated alkanes) is 29. The molecule has 10 heteroatoms. The van der Waals surface area contributed by atoms with E-state index in [2.05, 4.69) is 31.3 Å². The first kappa shape index (κ1) is 59.3. The number of phosphoric ester groups is 1. The summed E-state index contributed by atoms with van der Waals surface area (Å²) in [6.07, 6.45) is 45.0. The molecule has 0 aliphatic heterocycles. The number of carbonyl (C=O) groups is 1. The largest absolute Gasteiger partial charge is 1.00 e. The number of carbonyl (C=O) groups excluding carboxylic acids is 1. The molecule has 8 nitrogen and oxygen atoms in total. The minimum atomic E-state index is -4.56. The van der Waals surface area contributed by atoms with Crippen molar-refractivity contribution < 1.29 is 62.4 Å². The summed E-state index contributed by atoms with van der Waals surface area (Å²) in [6.45, 7) is 4.71. The molecule has 0 aliphatic carbocycles. The van der Waals surface area contributed by atoms with Crippen molar-refractivity contribution in [3.05, 3.63) is 12.2 Å². The fourth-order valence-electron chi connectivity index (χ4n) is 7.14. The molecule has 3 unspecified atom stereocenters. The van der Waals surface area contributed by atoms with Gasteiger partial charge in [0.1, 0.15) is 13.2 Å². The Morgan fingerprint density at radius 1 is 0.614 bits per heavy atom. The van der Waals surface area contributed by atoms with Crippen LogP contribution in [0.1, 0.15) is 232 Å². The van der Waals surface area contributed by atoms with Crippen molar-refractivity contribution in [3.63, 3.8) is 0 Å². The normalized spacial score (nSPS) is 14.1. The zero-order valence-corrected chi connectivity index (χ0v) is 41.7. The monoisotopic (exact) mass is 838 g/mol. The zero-order chi connectivity index (χ0) is 41.4. The summed E-state index contributed by atoms with van der Waals surface area (Å²) in [5.41, 5.74) is 0. The van der Waals surface area contributed by atoms with E-state index < -0.39 is 20.0 Å². The van der Waals surface area contributed by atoms with Gasteiger partial charge in [0.25, 0.3) is 7.82 Å². The molecule has 0 radical (unpaired) electrons. The van der Waals surface area contributed by atoms with E-state index in [1.165, 1.54) is 167 Å². The molecular weight excluding hydrogens is 742 g/mol. The number of aliphatic hydroxyl groups excluding tert-OH is 1. The van der Waals surface area contributed by atoms with Gasteiger partial charge in [0.05, 0.1) is 39.9 Å². The fraction of sp³-hybridized carbons (Fsp3) is 0.936. The number of hydrogen-bond acceptors (Lipinski definition) is 6. The van der Waals surface area contributed by atoms with Crippen LogP contribution in [-0.4, -0.2) is 68.5 Å². The van der Waals surface area contributed by atoms with Gasteiger partial charge in [-0.3, -0.25) is 9.36 Å². The second kappa shape index (κ2) is 42.9. The SMILES string of the molecule is CCCC/C=C\CCCCCCCCCCCCCCCCCC(=O)NC(COP(=O)([O-])OCC[N+](C)(C)C)C(O)CCCCCCCCCCCCCCC.[Na+]. The molecule has 1 amide bonds. The van der Waals surface area contributed by atoms with E-state index in [0.717, 1.165) is 38.5 Å². The van der Waals surface area contributed by atoms with Gasteiger partial charge in [-0.05, 0) is 32.1 Å². The van der Waals surface area contributed by atoms with Crippen molar-refractivity contribution in [2.24, 2.45) is 0 Å². The van der Waals surface area contributed by atoms with Gasteiger partial charge in [0.15, 0.2) is 0 Å². The molecule has 2 N–H and O–H groups in total. The van der Waals surface area contributed by atoms with Crippen LogP contribution in [0.2, 0.25) is 0 Å². The van der Waals surface area contributed by atoms with E-state index in [1.807, 2.05) is 21.1 Å². The van der Waals surface area contributed by atoms with Crippen LogP contribution >= 0.6 is 7.82 Å². The molecule has 0 aromatic carbocycles. The van der Waals surface area contributed by atoms with E-state index >= 15 is 0 Å². The standard InChI is InChI=1S/C47H95N2O6P.Na/c1-6-8-10-12-14-16-18-20-21-22-23-24-25-26-27-29-31-33-35-37-39-41-47(51)48-45(44-55-56(52,53)54-43-42-49(3,4)5)46(50)40-38-36-34-32-30-28-19-17-15-13-11-9-7-2;/h12,14,45-46,50H,6-11,13,15-44H2,1-5H3,(H-,48,51,52,53);/q;+1/b14-12-;. The van der Waals surface area contributed by atoms with Crippen LogP contribution in [0.5, 0.6) is 0 Å². The minimum Gasteiger partial charge on any atom is -0.756 e. The molecule has 334 valence electrons. The molecule has 0 aromatic heterocycles. The van der Waals surface area contributed by atoms with Crippen molar-refractivity contribution in [1.82, 2.24) is 5.32 Å². The summed E-state index contributed by atoms with van der Waals surface area (Å²) >= 11 is 0. The number of amides is 1. The Bertz CT molecular complexity index is 934. The van der Waals surface area contributed by atoms with E-state index in [1.54, 1.807) is 0 Å². The van der Waals surface area contributed by atoms with Gasteiger partial charge in [0, 0.05) is 6.42 Å². The Morgan fingerprint density at radius 3 is 1.44 bits per heavy atom. The van der Waals surface area contributed by atoms with E-state index in [-0.39, 0.29) is 48.7 Å². The number of phosphoric acid groups is 1. The molecule has 57 heavy (non-hydrogen) atoms. The quantitative estimate of drug-likeness (QED) is 0.0208. The van der Waals surface area contributed by atoms with E-state index in [0.29, 0.717) is 23.9 Å². The Balaban J connectivity index is 0. The molecule has 3 atom stereocenters. The number of nitrogens with one attached hydrogen (secondary N) is 1. The molecule has 0 spiro atoms. The Labute approximate surface area is 376 Å². The first-order valence-corrected chi connectivity index (χ1v) is 25.5. The molecule has 0 saturated carbocycles. The molecule has 0 aliphatic rings. The smallest absolute Gasteiger partial charge is 0.756 e. The number of nitrogens with zero attached hydrogens (tertiary/aromatic N) is 1. The third-order valence-corrected chi connectivity index (χ3v) is 12.0. The fourth-order valence-corrected chi connectivity index (χ4v) is 7.86. The van der Waals surface area contributed by atoms with Crippen LogP contribution in [0.3, 0.4) is 0 Å². The van der Waals surface area contributed by atoms with Gasteiger partial charge in [0.2, 0.25) is 5.91 Å². The van der Waals surface area contributed by atoms with Crippen LogP contribution in [0.25, 0.3) is 0 Å². The van der Waals surface area contributed by atoms with E-state index in [9.17, 15) is 19.4 Å². The first-order valence-electron chi connectivity index (χ1n) is 24.0. The van der Waals surface area contributed by atoms with E-state index in [4.69, 9.17) is 9.05 Å². The maximum atomic E-state index is 12.9. The van der Waals surface area contributed by atoms with Crippen molar-refractivity contribution in [3.8, 4) is 0 Å². The number of aliphatic hydroxyl groups is 1. The second-order valence-corrected chi connectivity index (χ2v) is 19.2. The number of hydrogen-bond donors (Lipinski definition) is 2. The predicted octanol–water partition coefficient (Wildman–Crippen LogP) is 9.90. The first-order chi connectivity index (χ1) is 27.0. The zero-order valence-electron chi connectivity index (χ0n) is 38.9. The molecular formula is C47H95N2NaO6P+. The predicted molar refractivity (Wildman–Crippen MR) is 238 cm³/mol. The molecule has 0 aromatic rings. The molecule has 0 saturated heterocycles. The Kier molecular flexibility index (Phi) is 44.7. The number of rotatable bonds is 44. The van der Waals surface area contributed by atoms with Crippen molar-refractivity contribution in [1.29, 1.82) is 0 Å². The number of allylic oxidation sites excluding steroid dienone is 2. The third kappa shape index (κ3) is 45.6. The van der Waals surface area contributed by atoms with Gasteiger partial charge in [-0.2, -0.15) is 0 Å². The van der Waals surface area contributed by atoms with Gasteiger partial charge in [-0.15, -0.1) is 0 Å².